The quantitative estimate of drug-likeness (QED) is 0.240. The molecule has 8 nitrogen and oxygen atoms in total. The van der Waals surface area contributed by atoms with E-state index < -0.39 is 0 Å². The molecule has 0 spiro atoms. The molecular weight excluding hydrogens is 519 g/mol. The van der Waals surface area contributed by atoms with Gasteiger partial charge in [-0.25, -0.2) is 14.4 Å². The van der Waals surface area contributed by atoms with Crippen LogP contribution in [0.4, 0.5) is 27.4 Å². The van der Waals surface area contributed by atoms with Crippen LogP contribution in [0.5, 0.6) is 5.75 Å². The Morgan fingerprint density at radius 3 is 2.61 bits per heavy atom. The molecule has 1 unspecified atom stereocenters. The molecule has 1 fully saturated rings. The van der Waals surface area contributed by atoms with Crippen LogP contribution in [0.15, 0.2) is 73.4 Å². The molecule has 1 aliphatic rings. The number of likely N-dealkylation sites (N-methyl/N-ethyl adjacent to an activating group) is 1. The standard InChI is InChI=1S/C30H31FN6O2.C2H6/c1-5-28(38)33-24-15-25(27(39-4)16-26(24)37-13-12-22(18-37)36(2)3)34-30-32-17-20-9-7-11-23(29(20)35-30)19-8-6-10-21(31)14-19;1-2/h5-11,14-17,22H,1,12-13,18H2,2-4H3,(H,33,38)(H,32,34,35);1-2H3. The van der Waals surface area contributed by atoms with Gasteiger partial charge in [0.1, 0.15) is 11.6 Å². The Balaban J connectivity index is 0.00000189. The molecule has 2 heterocycles. The number of aromatic nitrogens is 2. The predicted octanol–water partition coefficient (Wildman–Crippen LogP) is 6.48. The highest BCUT2D eigenvalue weighted by Crippen LogP contribution is 2.40. The van der Waals surface area contributed by atoms with Gasteiger partial charge in [0.15, 0.2) is 0 Å². The third-order valence-electron chi connectivity index (χ3n) is 6.99. The minimum Gasteiger partial charge on any atom is -0.494 e. The van der Waals surface area contributed by atoms with Crippen LogP contribution in [-0.4, -0.2) is 61.1 Å². The zero-order valence-electron chi connectivity index (χ0n) is 24.2. The number of carbonyl (C=O) groups is 1. The molecule has 1 amide bonds. The molecule has 2 N–H and O–H groups in total. The Bertz CT molecular complexity index is 1540. The fraction of sp³-hybridized carbons (Fsp3) is 0.281. The van der Waals surface area contributed by atoms with Crippen molar-refractivity contribution in [3.63, 3.8) is 0 Å². The minimum atomic E-state index is -0.314. The number of hydrogen-bond acceptors (Lipinski definition) is 7. The van der Waals surface area contributed by atoms with Crippen molar-refractivity contribution < 1.29 is 13.9 Å². The third-order valence-corrected chi connectivity index (χ3v) is 6.99. The molecule has 1 saturated heterocycles. The van der Waals surface area contributed by atoms with E-state index in [1.165, 1.54) is 18.2 Å². The van der Waals surface area contributed by atoms with Crippen molar-refractivity contribution in [2.75, 3.05) is 49.8 Å². The Hall–Kier alpha value is -4.50. The number of anilines is 4. The number of nitrogens with zero attached hydrogens (tertiary/aromatic N) is 4. The number of ether oxygens (including phenoxy) is 1. The molecule has 0 radical (unpaired) electrons. The fourth-order valence-corrected chi connectivity index (χ4v) is 4.89. The lowest BCUT2D eigenvalue weighted by Crippen LogP contribution is -2.31. The van der Waals surface area contributed by atoms with Crippen molar-refractivity contribution in [3.05, 3.63) is 79.3 Å². The lowest BCUT2D eigenvalue weighted by molar-refractivity contribution is -0.111. The van der Waals surface area contributed by atoms with Crippen molar-refractivity contribution in [2.45, 2.75) is 26.3 Å². The predicted molar refractivity (Wildman–Crippen MR) is 166 cm³/mol. The number of para-hydroxylation sites is 1. The van der Waals surface area contributed by atoms with E-state index in [0.29, 0.717) is 34.6 Å². The van der Waals surface area contributed by atoms with Gasteiger partial charge < -0.3 is 25.2 Å². The lowest BCUT2D eigenvalue weighted by Gasteiger charge is -2.25. The Labute approximate surface area is 240 Å². The zero-order chi connectivity index (χ0) is 29.5. The fourth-order valence-electron chi connectivity index (χ4n) is 4.89. The first kappa shape index (κ1) is 29.5. The summed E-state index contributed by atoms with van der Waals surface area (Å²) in [5.41, 5.74) is 4.29. The van der Waals surface area contributed by atoms with Gasteiger partial charge in [0, 0.05) is 42.3 Å². The van der Waals surface area contributed by atoms with E-state index in [4.69, 9.17) is 9.72 Å². The number of rotatable bonds is 8. The lowest BCUT2D eigenvalue weighted by atomic mass is 10.0. The summed E-state index contributed by atoms with van der Waals surface area (Å²) in [5.74, 6) is 0.299. The molecular formula is C32H37FN6O2. The maximum Gasteiger partial charge on any atom is 0.247 e. The average molecular weight is 557 g/mol. The number of halogens is 1. The van der Waals surface area contributed by atoms with Gasteiger partial charge in [0.05, 0.1) is 29.7 Å². The van der Waals surface area contributed by atoms with Gasteiger partial charge in [-0.1, -0.05) is 50.8 Å². The second-order valence-corrected chi connectivity index (χ2v) is 9.69. The molecule has 1 atom stereocenters. The zero-order valence-corrected chi connectivity index (χ0v) is 24.2. The first-order valence-corrected chi connectivity index (χ1v) is 13.7. The normalized spacial score (nSPS) is 14.4. The Morgan fingerprint density at radius 2 is 1.93 bits per heavy atom. The summed E-state index contributed by atoms with van der Waals surface area (Å²) in [4.78, 5) is 26.0. The highest BCUT2D eigenvalue weighted by atomic mass is 19.1. The molecule has 4 aromatic rings. The van der Waals surface area contributed by atoms with Gasteiger partial charge in [-0.3, -0.25) is 4.79 Å². The van der Waals surface area contributed by atoms with E-state index in [2.05, 4.69) is 46.1 Å². The number of amides is 1. The highest BCUT2D eigenvalue weighted by Gasteiger charge is 2.27. The molecule has 0 aliphatic carbocycles. The van der Waals surface area contributed by atoms with Crippen LogP contribution in [-0.2, 0) is 4.79 Å². The maximum absolute atomic E-state index is 14.0. The molecule has 9 heteroatoms. The van der Waals surface area contributed by atoms with Crippen LogP contribution < -0.4 is 20.3 Å². The molecule has 0 saturated carbocycles. The van der Waals surface area contributed by atoms with E-state index in [1.807, 2.05) is 50.2 Å². The minimum absolute atomic E-state index is 0.308. The van der Waals surface area contributed by atoms with Gasteiger partial charge in [0.25, 0.3) is 0 Å². The smallest absolute Gasteiger partial charge is 0.247 e. The molecule has 214 valence electrons. The van der Waals surface area contributed by atoms with Crippen molar-refractivity contribution in [3.8, 4) is 16.9 Å². The molecule has 1 aliphatic heterocycles. The van der Waals surface area contributed by atoms with Crippen molar-refractivity contribution >= 4 is 39.8 Å². The highest BCUT2D eigenvalue weighted by molar-refractivity contribution is 6.02. The van der Waals surface area contributed by atoms with Gasteiger partial charge in [-0.05, 0) is 50.4 Å². The molecule has 1 aromatic heterocycles. The van der Waals surface area contributed by atoms with E-state index in [-0.39, 0.29) is 11.7 Å². The van der Waals surface area contributed by atoms with E-state index in [1.54, 1.807) is 19.4 Å². The Kier molecular flexibility index (Phi) is 9.52. The first-order valence-electron chi connectivity index (χ1n) is 13.7. The van der Waals surface area contributed by atoms with E-state index in [0.717, 1.165) is 41.7 Å². The van der Waals surface area contributed by atoms with Crippen LogP contribution in [0.3, 0.4) is 0 Å². The van der Waals surface area contributed by atoms with Crippen molar-refractivity contribution in [1.29, 1.82) is 0 Å². The van der Waals surface area contributed by atoms with Crippen LogP contribution >= 0.6 is 0 Å². The van der Waals surface area contributed by atoms with Crippen LogP contribution in [0.2, 0.25) is 0 Å². The summed E-state index contributed by atoms with van der Waals surface area (Å²) in [7, 11) is 5.75. The number of nitrogens with one attached hydrogen (secondary N) is 2. The molecule has 0 bridgehead atoms. The molecule has 41 heavy (non-hydrogen) atoms. The van der Waals surface area contributed by atoms with E-state index >= 15 is 0 Å². The number of carbonyl (C=O) groups excluding carboxylic acids is 1. The summed E-state index contributed by atoms with van der Waals surface area (Å²) in [6.07, 6.45) is 3.98. The molecule has 5 rings (SSSR count). The summed E-state index contributed by atoms with van der Waals surface area (Å²) in [6.45, 7) is 9.28. The summed E-state index contributed by atoms with van der Waals surface area (Å²) in [6, 6.07) is 16.3. The van der Waals surface area contributed by atoms with Gasteiger partial charge >= 0.3 is 0 Å². The monoisotopic (exact) mass is 556 g/mol. The van der Waals surface area contributed by atoms with Gasteiger partial charge in [-0.2, -0.15) is 0 Å². The average Bonchev–Trinajstić information content (AvgIpc) is 3.49. The van der Waals surface area contributed by atoms with Gasteiger partial charge in [-0.15, -0.1) is 0 Å². The number of hydrogen-bond donors (Lipinski definition) is 2. The summed E-state index contributed by atoms with van der Waals surface area (Å²) < 4.78 is 19.7. The van der Waals surface area contributed by atoms with Crippen LogP contribution in [0.1, 0.15) is 20.3 Å². The Morgan fingerprint density at radius 1 is 1.15 bits per heavy atom. The first-order chi connectivity index (χ1) is 19.9. The topological polar surface area (TPSA) is 82.6 Å². The number of methoxy groups -OCH3 is 1. The van der Waals surface area contributed by atoms with Crippen molar-refractivity contribution in [1.82, 2.24) is 14.9 Å². The largest absolute Gasteiger partial charge is 0.494 e. The number of benzene rings is 3. The second kappa shape index (κ2) is 13.2. The summed E-state index contributed by atoms with van der Waals surface area (Å²) in [5, 5.41) is 7.02. The second-order valence-electron chi connectivity index (χ2n) is 9.69. The summed E-state index contributed by atoms with van der Waals surface area (Å²) >= 11 is 0. The maximum atomic E-state index is 14.0. The molecule has 3 aromatic carbocycles. The number of fused-ring (bicyclic) bond motifs is 1. The van der Waals surface area contributed by atoms with Crippen molar-refractivity contribution in [2.24, 2.45) is 0 Å². The SMILES string of the molecule is C=CC(=O)Nc1cc(Nc2ncc3cccc(-c4cccc(F)c4)c3n2)c(OC)cc1N1CCC(N(C)C)C1.CC. The van der Waals surface area contributed by atoms with E-state index in [9.17, 15) is 9.18 Å². The third kappa shape index (κ3) is 6.63. The van der Waals surface area contributed by atoms with Gasteiger partial charge in [0.2, 0.25) is 11.9 Å². The van der Waals surface area contributed by atoms with Crippen LogP contribution in [0.25, 0.3) is 22.0 Å². The van der Waals surface area contributed by atoms with Crippen LogP contribution in [0, 0.1) is 5.82 Å².